The van der Waals surface area contributed by atoms with Crippen LogP contribution in [0.5, 0.6) is 5.75 Å². The van der Waals surface area contributed by atoms with E-state index in [1.165, 1.54) is 0 Å². The SMILES string of the molecule is COCC(C)(C)N(C)C(=O)c1ccc(OC(C)C)cn1. The van der Waals surface area contributed by atoms with Crippen LogP contribution in [0.15, 0.2) is 18.3 Å². The summed E-state index contributed by atoms with van der Waals surface area (Å²) in [6, 6.07) is 3.44. The average Bonchev–Trinajstić information content (AvgIpc) is 2.37. The van der Waals surface area contributed by atoms with E-state index in [1.54, 1.807) is 37.4 Å². The van der Waals surface area contributed by atoms with Gasteiger partial charge in [0.15, 0.2) is 0 Å². The molecule has 5 heteroatoms. The summed E-state index contributed by atoms with van der Waals surface area (Å²) in [5.74, 6) is 0.526. The Kier molecular flexibility index (Phi) is 5.51. The molecule has 0 atom stereocenters. The average molecular weight is 280 g/mol. The number of ether oxygens (including phenoxy) is 2. The van der Waals surface area contributed by atoms with Crippen molar-refractivity contribution in [1.29, 1.82) is 0 Å². The number of rotatable bonds is 6. The standard InChI is InChI=1S/C15H24N2O3/c1-11(2)20-12-7-8-13(16-9-12)14(18)17(5)15(3,4)10-19-6/h7-9,11H,10H2,1-6H3. The second kappa shape index (κ2) is 6.70. The summed E-state index contributed by atoms with van der Waals surface area (Å²) < 4.78 is 10.7. The summed E-state index contributed by atoms with van der Waals surface area (Å²) in [5.41, 5.74) is 0.00782. The first-order valence-corrected chi connectivity index (χ1v) is 6.67. The molecule has 0 unspecified atom stereocenters. The van der Waals surface area contributed by atoms with Crippen LogP contribution in [0.4, 0.5) is 0 Å². The highest BCUT2D eigenvalue weighted by atomic mass is 16.5. The van der Waals surface area contributed by atoms with Crippen molar-refractivity contribution >= 4 is 5.91 Å². The molecule has 0 aliphatic heterocycles. The predicted octanol–water partition coefficient (Wildman–Crippen LogP) is 2.37. The Balaban J connectivity index is 2.82. The van der Waals surface area contributed by atoms with Crippen LogP contribution in [0.25, 0.3) is 0 Å². The Morgan fingerprint density at radius 3 is 2.50 bits per heavy atom. The normalized spacial score (nSPS) is 11.6. The Bertz CT molecular complexity index is 441. The molecule has 0 bridgehead atoms. The van der Waals surface area contributed by atoms with Crippen molar-refractivity contribution in [2.45, 2.75) is 39.3 Å². The minimum Gasteiger partial charge on any atom is -0.489 e. The van der Waals surface area contributed by atoms with E-state index in [0.29, 0.717) is 18.1 Å². The Hall–Kier alpha value is -1.62. The number of hydrogen-bond acceptors (Lipinski definition) is 4. The number of carbonyl (C=O) groups excluding carboxylic acids is 1. The molecule has 0 aliphatic rings. The first kappa shape index (κ1) is 16.4. The lowest BCUT2D eigenvalue weighted by molar-refractivity contribution is 0.0361. The molecule has 0 N–H and O–H groups in total. The van der Waals surface area contributed by atoms with Crippen LogP contribution in [0.1, 0.15) is 38.2 Å². The molecule has 1 aromatic heterocycles. The molecular weight excluding hydrogens is 256 g/mol. The molecule has 112 valence electrons. The van der Waals surface area contributed by atoms with Crippen molar-refractivity contribution in [3.8, 4) is 5.75 Å². The van der Waals surface area contributed by atoms with E-state index in [9.17, 15) is 4.79 Å². The van der Waals surface area contributed by atoms with Gasteiger partial charge in [-0.2, -0.15) is 0 Å². The van der Waals surface area contributed by atoms with Gasteiger partial charge < -0.3 is 14.4 Å². The molecule has 0 saturated heterocycles. The zero-order valence-corrected chi connectivity index (χ0v) is 13.1. The molecule has 5 nitrogen and oxygen atoms in total. The molecule has 0 aromatic carbocycles. The number of nitrogens with zero attached hydrogens (tertiary/aromatic N) is 2. The maximum Gasteiger partial charge on any atom is 0.272 e. The van der Waals surface area contributed by atoms with Gasteiger partial charge in [-0.1, -0.05) is 0 Å². The topological polar surface area (TPSA) is 51.7 Å². The molecule has 0 aliphatic carbocycles. The van der Waals surface area contributed by atoms with E-state index in [1.807, 2.05) is 27.7 Å². The van der Waals surface area contributed by atoms with Crippen LogP contribution >= 0.6 is 0 Å². The van der Waals surface area contributed by atoms with Crippen LogP contribution in [0.2, 0.25) is 0 Å². The maximum atomic E-state index is 12.4. The zero-order valence-electron chi connectivity index (χ0n) is 13.1. The Morgan fingerprint density at radius 2 is 2.05 bits per heavy atom. The third kappa shape index (κ3) is 4.20. The minimum absolute atomic E-state index is 0.0849. The summed E-state index contributed by atoms with van der Waals surface area (Å²) in [6.45, 7) is 8.25. The Morgan fingerprint density at radius 1 is 1.40 bits per heavy atom. The molecule has 1 rings (SSSR count). The van der Waals surface area contributed by atoms with E-state index in [0.717, 1.165) is 0 Å². The molecule has 1 heterocycles. The van der Waals surface area contributed by atoms with E-state index in [-0.39, 0.29) is 17.6 Å². The van der Waals surface area contributed by atoms with Gasteiger partial charge in [0, 0.05) is 14.2 Å². The molecule has 1 amide bonds. The lowest BCUT2D eigenvalue weighted by atomic mass is 10.0. The highest BCUT2D eigenvalue weighted by molar-refractivity contribution is 5.92. The number of amides is 1. The van der Waals surface area contributed by atoms with Crippen molar-refractivity contribution in [3.63, 3.8) is 0 Å². The lowest BCUT2D eigenvalue weighted by Crippen LogP contribution is -2.48. The highest BCUT2D eigenvalue weighted by Gasteiger charge is 2.28. The number of carbonyl (C=O) groups is 1. The fourth-order valence-corrected chi connectivity index (χ4v) is 1.75. The molecule has 1 aromatic rings. The highest BCUT2D eigenvalue weighted by Crippen LogP contribution is 2.17. The number of aromatic nitrogens is 1. The first-order chi connectivity index (χ1) is 9.27. The van der Waals surface area contributed by atoms with Crippen LogP contribution in [-0.2, 0) is 4.74 Å². The van der Waals surface area contributed by atoms with Gasteiger partial charge in [-0.25, -0.2) is 4.98 Å². The summed E-state index contributed by atoms with van der Waals surface area (Å²) in [7, 11) is 3.37. The molecule has 0 radical (unpaired) electrons. The molecular formula is C15H24N2O3. The third-order valence-electron chi connectivity index (χ3n) is 3.04. The predicted molar refractivity (Wildman–Crippen MR) is 78.0 cm³/mol. The van der Waals surface area contributed by atoms with Crippen LogP contribution in [-0.4, -0.2) is 48.2 Å². The second-order valence-corrected chi connectivity index (χ2v) is 5.66. The lowest BCUT2D eigenvalue weighted by Gasteiger charge is -2.34. The van der Waals surface area contributed by atoms with Gasteiger partial charge in [0.05, 0.1) is 24.4 Å². The summed E-state index contributed by atoms with van der Waals surface area (Å²) in [4.78, 5) is 18.2. The van der Waals surface area contributed by atoms with Crippen LogP contribution < -0.4 is 4.74 Å². The van der Waals surface area contributed by atoms with Gasteiger partial charge in [0.25, 0.3) is 5.91 Å². The smallest absolute Gasteiger partial charge is 0.272 e. The van der Waals surface area contributed by atoms with Crippen LogP contribution in [0.3, 0.4) is 0 Å². The van der Waals surface area contributed by atoms with Gasteiger partial charge in [0.1, 0.15) is 11.4 Å². The number of methoxy groups -OCH3 is 1. The van der Waals surface area contributed by atoms with Crippen LogP contribution in [0, 0.1) is 0 Å². The monoisotopic (exact) mass is 280 g/mol. The van der Waals surface area contributed by atoms with Crippen molar-refractivity contribution in [2.24, 2.45) is 0 Å². The quantitative estimate of drug-likeness (QED) is 0.802. The van der Waals surface area contributed by atoms with Gasteiger partial charge in [-0.15, -0.1) is 0 Å². The molecule has 0 fully saturated rings. The number of likely N-dealkylation sites (N-methyl/N-ethyl adjacent to an activating group) is 1. The zero-order chi connectivity index (χ0) is 15.3. The van der Waals surface area contributed by atoms with Crippen molar-refractivity contribution in [3.05, 3.63) is 24.0 Å². The van der Waals surface area contributed by atoms with E-state index in [2.05, 4.69) is 4.98 Å². The minimum atomic E-state index is -0.388. The van der Waals surface area contributed by atoms with Gasteiger partial charge in [-0.3, -0.25) is 4.79 Å². The largest absolute Gasteiger partial charge is 0.489 e. The van der Waals surface area contributed by atoms with E-state index in [4.69, 9.17) is 9.47 Å². The summed E-state index contributed by atoms with van der Waals surface area (Å²) >= 11 is 0. The fourth-order valence-electron chi connectivity index (χ4n) is 1.75. The van der Waals surface area contributed by atoms with Crippen molar-refractivity contribution in [2.75, 3.05) is 20.8 Å². The third-order valence-corrected chi connectivity index (χ3v) is 3.04. The van der Waals surface area contributed by atoms with E-state index < -0.39 is 0 Å². The first-order valence-electron chi connectivity index (χ1n) is 6.67. The molecule has 0 spiro atoms. The van der Waals surface area contributed by atoms with Gasteiger partial charge >= 0.3 is 0 Å². The number of hydrogen-bond donors (Lipinski definition) is 0. The molecule has 20 heavy (non-hydrogen) atoms. The van der Waals surface area contributed by atoms with Crippen molar-refractivity contribution in [1.82, 2.24) is 9.88 Å². The summed E-state index contributed by atoms with van der Waals surface area (Å²) in [5, 5.41) is 0. The Labute approximate surface area is 120 Å². The second-order valence-electron chi connectivity index (χ2n) is 5.66. The van der Waals surface area contributed by atoms with E-state index >= 15 is 0 Å². The van der Waals surface area contributed by atoms with Gasteiger partial charge in [-0.05, 0) is 39.8 Å². The molecule has 0 saturated carbocycles. The van der Waals surface area contributed by atoms with Gasteiger partial charge in [0.2, 0.25) is 0 Å². The fraction of sp³-hybridized carbons (Fsp3) is 0.600. The summed E-state index contributed by atoms with van der Waals surface area (Å²) in [6.07, 6.45) is 1.66. The maximum absolute atomic E-state index is 12.4. The van der Waals surface area contributed by atoms with Crippen molar-refractivity contribution < 1.29 is 14.3 Å². The number of pyridine rings is 1.